The fraction of sp³-hybridized carbons (Fsp3) is 0. The molecule has 0 bridgehead atoms. The largest absolute Gasteiger partial charge is 0.370 e. The van der Waals surface area contributed by atoms with E-state index in [1.54, 1.807) is 12.1 Å². The number of aromatic amines is 1. The summed E-state index contributed by atoms with van der Waals surface area (Å²) in [4.78, 5) is 7.01. The monoisotopic (exact) mass is 243 g/mol. The van der Waals surface area contributed by atoms with Crippen molar-refractivity contribution >= 4 is 46.1 Å². The summed E-state index contributed by atoms with van der Waals surface area (Å²) < 4.78 is 0. The molecule has 2 rings (SSSR count). The van der Waals surface area contributed by atoms with E-state index in [9.17, 15) is 0 Å². The number of hydrogen-bond donors (Lipinski definition) is 4. The molecule has 78 valence electrons. The zero-order valence-corrected chi connectivity index (χ0v) is 8.95. The first-order valence-corrected chi connectivity index (χ1v) is 4.77. The van der Waals surface area contributed by atoms with Crippen LogP contribution in [0.15, 0.2) is 12.1 Å². The van der Waals surface area contributed by atoms with E-state index in [1.807, 2.05) is 0 Å². The minimum Gasteiger partial charge on any atom is -0.370 e. The van der Waals surface area contributed by atoms with E-state index >= 15 is 0 Å². The normalized spacial score (nSPS) is 10.5. The summed E-state index contributed by atoms with van der Waals surface area (Å²) in [6, 6.07) is 3.30. The van der Waals surface area contributed by atoms with Crippen LogP contribution >= 0.6 is 23.2 Å². The summed E-state index contributed by atoms with van der Waals surface area (Å²) in [6.45, 7) is 0. The van der Waals surface area contributed by atoms with Crippen molar-refractivity contribution in [3.63, 3.8) is 0 Å². The van der Waals surface area contributed by atoms with Gasteiger partial charge >= 0.3 is 0 Å². The van der Waals surface area contributed by atoms with E-state index in [-0.39, 0.29) is 5.96 Å². The fourth-order valence-corrected chi connectivity index (χ4v) is 1.76. The molecule has 5 nitrogen and oxygen atoms in total. The molecule has 1 heterocycles. The lowest BCUT2D eigenvalue weighted by molar-refractivity contribution is 1.29. The summed E-state index contributed by atoms with van der Waals surface area (Å²) >= 11 is 11.8. The van der Waals surface area contributed by atoms with E-state index in [1.165, 1.54) is 0 Å². The van der Waals surface area contributed by atoms with Crippen molar-refractivity contribution in [2.45, 2.75) is 0 Å². The molecule has 0 aliphatic carbocycles. The maximum atomic E-state index is 7.05. The lowest BCUT2D eigenvalue weighted by atomic mass is 10.3. The zero-order valence-electron chi connectivity index (χ0n) is 7.44. The molecule has 1 aromatic carbocycles. The van der Waals surface area contributed by atoms with Crippen LogP contribution in [0.4, 0.5) is 5.95 Å². The molecule has 0 saturated carbocycles. The fourth-order valence-electron chi connectivity index (χ4n) is 1.23. The van der Waals surface area contributed by atoms with E-state index in [2.05, 4.69) is 15.3 Å². The van der Waals surface area contributed by atoms with Crippen molar-refractivity contribution in [3.05, 3.63) is 22.2 Å². The van der Waals surface area contributed by atoms with Crippen molar-refractivity contribution in [3.8, 4) is 0 Å². The summed E-state index contributed by atoms with van der Waals surface area (Å²) in [5.74, 6) is 0.165. The smallest absolute Gasteiger partial charge is 0.208 e. The molecule has 0 unspecified atom stereocenters. The Morgan fingerprint density at radius 2 is 2.20 bits per heavy atom. The number of guanidine groups is 1. The standard InChI is InChI=1S/C8H7Cl2N5/c9-3-1-4(10)6-5(2-3)13-8(14-6)15-7(11)12/h1-2H,(H5,11,12,13,14,15). The highest BCUT2D eigenvalue weighted by Gasteiger charge is 2.07. The minimum absolute atomic E-state index is 0.198. The predicted molar refractivity (Wildman–Crippen MR) is 61.7 cm³/mol. The second kappa shape index (κ2) is 3.60. The van der Waals surface area contributed by atoms with Crippen molar-refractivity contribution in [2.24, 2.45) is 5.73 Å². The van der Waals surface area contributed by atoms with Crippen molar-refractivity contribution in [1.82, 2.24) is 9.97 Å². The molecule has 5 N–H and O–H groups in total. The number of nitrogens with one attached hydrogen (secondary N) is 3. The highest BCUT2D eigenvalue weighted by atomic mass is 35.5. The molecule has 0 aliphatic rings. The summed E-state index contributed by atoms with van der Waals surface area (Å²) in [5, 5.41) is 10.6. The van der Waals surface area contributed by atoms with Gasteiger partial charge in [0.25, 0.3) is 0 Å². The van der Waals surface area contributed by atoms with Gasteiger partial charge < -0.3 is 10.7 Å². The first kappa shape index (κ1) is 10.1. The van der Waals surface area contributed by atoms with Crippen LogP contribution in [0.5, 0.6) is 0 Å². The molecular formula is C8H7Cl2N5. The number of fused-ring (bicyclic) bond motifs is 1. The van der Waals surface area contributed by atoms with Gasteiger partial charge in [0, 0.05) is 5.02 Å². The molecule has 0 saturated heterocycles. The highest BCUT2D eigenvalue weighted by molar-refractivity contribution is 6.38. The highest BCUT2D eigenvalue weighted by Crippen LogP contribution is 2.27. The number of nitrogens with zero attached hydrogens (tertiary/aromatic N) is 1. The predicted octanol–water partition coefficient (Wildman–Crippen LogP) is 2.18. The quantitative estimate of drug-likeness (QED) is 0.457. The molecule has 0 atom stereocenters. The van der Waals surface area contributed by atoms with Crippen molar-refractivity contribution < 1.29 is 0 Å². The third-order valence-corrected chi connectivity index (χ3v) is 2.26. The van der Waals surface area contributed by atoms with Crippen LogP contribution < -0.4 is 11.1 Å². The summed E-state index contributed by atoms with van der Waals surface area (Å²) in [7, 11) is 0. The SMILES string of the molecule is N=C(N)Nc1nc2c(Cl)cc(Cl)cc2[nH]1. The Balaban J connectivity index is 2.55. The van der Waals surface area contributed by atoms with Gasteiger partial charge in [0.15, 0.2) is 5.96 Å². The summed E-state index contributed by atoms with van der Waals surface area (Å²) in [5.41, 5.74) is 6.45. The zero-order chi connectivity index (χ0) is 11.0. The molecule has 0 radical (unpaired) electrons. The molecule has 7 heteroatoms. The Kier molecular flexibility index (Phi) is 2.42. The Labute approximate surface area is 95.1 Å². The molecule has 2 aromatic rings. The van der Waals surface area contributed by atoms with Gasteiger partial charge in [0.05, 0.1) is 10.5 Å². The Morgan fingerprint density at radius 1 is 1.47 bits per heavy atom. The van der Waals surface area contributed by atoms with Crippen LogP contribution in [0.3, 0.4) is 0 Å². The Bertz CT molecular complexity index is 533. The minimum atomic E-state index is -0.198. The van der Waals surface area contributed by atoms with Gasteiger partial charge in [0.2, 0.25) is 5.95 Å². The maximum Gasteiger partial charge on any atom is 0.208 e. The topological polar surface area (TPSA) is 90.6 Å². The van der Waals surface area contributed by atoms with E-state index in [0.29, 0.717) is 27.0 Å². The van der Waals surface area contributed by atoms with Gasteiger partial charge in [-0.25, -0.2) is 4.98 Å². The molecule has 0 spiro atoms. The van der Waals surface area contributed by atoms with Gasteiger partial charge in [0.1, 0.15) is 5.52 Å². The maximum absolute atomic E-state index is 7.05. The lowest BCUT2D eigenvalue weighted by Crippen LogP contribution is -2.21. The number of benzene rings is 1. The van der Waals surface area contributed by atoms with Crippen LogP contribution in [0, 0.1) is 5.41 Å². The van der Waals surface area contributed by atoms with E-state index < -0.39 is 0 Å². The van der Waals surface area contributed by atoms with Crippen LogP contribution in [-0.2, 0) is 0 Å². The number of nitrogens with two attached hydrogens (primary N) is 1. The van der Waals surface area contributed by atoms with Gasteiger partial charge in [-0.2, -0.15) is 0 Å². The number of anilines is 1. The molecule has 0 amide bonds. The molecular weight excluding hydrogens is 237 g/mol. The number of hydrogen-bond acceptors (Lipinski definition) is 2. The molecule has 1 aromatic heterocycles. The van der Waals surface area contributed by atoms with Crippen molar-refractivity contribution in [1.29, 1.82) is 5.41 Å². The number of aromatic nitrogens is 2. The number of imidazole rings is 1. The first-order chi connectivity index (χ1) is 7.06. The van der Waals surface area contributed by atoms with E-state index in [0.717, 1.165) is 0 Å². The van der Waals surface area contributed by atoms with Crippen molar-refractivity contribution in [2.75, 3.05) is 5.32 Å². The van der Waals surface area contributed by atoms with E-state index in [4.69, 9.17) is 34.3 Å². The van der Waals surface area contributed by atoms with Crippen LogP contribution in [0.1, 0.15) is 0 Å². The molecule has 0 aliphatic heterocycles. The Hall–Kier alpha value is -1.46. The average molecular weight is 244 g/mol. The van der Waals surface area contributed by atoms with Crippen LogP contribution in [-0.4, -0.2) is 15.9 Å². The van der Waals surface area contributed by atoms with Gasteiger partial charge in [-0.15, -0.1) is 0 Å². The first-order valence-electron chi connectivity index (χ1n) is 4.02. The number of rotatable bonds is 1. The van der Waals surface area contributed by atoms with Crippen LogP contribution in [0.2, 0.25) is 10.0 Å². The lowest BCUT2D eigenvalue weighted by Gasteiger charge is -1.95. The second-order valence-electron chi connectivity index (χ2n) is 2.91. The van der Waals surface area contributed by atoms with Gasteiger partial charge in [-0.1, -0.05) is 23.2 Å². The summed E-state index contributed by atoms with van der Waals surface area (Å²) in [6.07, 6.45) is 0. The number of H-pyrrole nitrogens is 1. The van der Waals surface area contributed by atoms with Gasteiger partial charge in [-0.3, -0.25) is 10.7 Å². The second-order valence-corrected chi connectivity index (χ2v) is 3.75. The molecule has 15 heavy (non-hydrogen) atoms. The van der Waals surface area contributed by atoms with Crippen LogP contribution in [0.25, 0.3) is 11.0 Å². The Morgan fingerprint density at radius 3 is 2.87 bits per heavy atom. The van der Waals surface area contributed by atoms with Gasteiger partial charge in [-0.05, 0) is 12.1 Å². The molecule has 0 fully saturated rings. The third-order valence-electron chi connectivity index (χ3n) is 1.76. The third kappa shape index (κ3) is 1.98. The number of halogens is 2. The average Bonchev–Trinajstić information content (AvgIpc) is 2.45.